The Morgan fingerprint density at radius 3 is 2.42 bits per heavy atom. The van der Waals surface area contributed by atoms with Gasteiger partial charge >= 0.3 is 0 Å². The molecule has 0 spiro atoms. The number of aliphatic imine (C=N–C) groups is 1. The maximum atomic E-state index is 14.1. The second-order valence-electron chi connectivity index (χ2n) is 6.44. The van der Waals surface area contributed by atoms with Crippen LogP contribution in [-0.4, -0.2) is 32.3 Å². The number of hydrogen-bond donors (Lipinski definition) is 2. The highest BCUT2D eigenvalue weighted by molar-refractivity contribution is 14.0. The minimum Gasteiger partial charge on any atom is -0.490 e. The Morgan fingerprint density at radius 1 is 1.03 bits per heavy atom. The molecule has 0 amide bonds. The van der Waals surface area contributed by atoms with Crippen LogP contribution in [0.5, 0.6) is 11.5 Å². The SMILES string of the molecule is CCNC(=NCc1ccc(C#N)cc1F)NCCc1ccc(OCC)c(OCC)c1.I. The van der Waals surface area contributed by atoms with Crippen LogP contribution in [0, 0.1) is 17.1 Å². The van der Waals surface area contributed by atoms with Gasteiger partial charge in [-0.15, -0.1) is 24.0 Å². The van der Waals surface area contributed by atoms with E-state index in [1.807, 2.05) is 45.0 Å². The number of hydrogen-bond acceptors (Lipinski definition) is 4. The molecule has 2 rings (SSSR count). The van der Waals surface area contributed by atoms with Crippen molar-refractivity contribution < 1.29 is 13.9 Å². The molecule has 6 nitrogen and oxygen atoms in total. The van der Waals surface area contributed by atoms with Crippen LogP contribution < -0.4 is 20.1 Å². The van der Waals surface area contributed by atoms with Crippen molar-refractivity contribution in [2.45, 2.75) is 33.7 Å². The van der Waals surface area contributed by atoms with Crippen molar-refractivity contribution in [1.82, 2.24) is 10.6 Å². The summed E-state index contributed by atoms with van der Waals surface area (Å²) < 4.78 is 25.3. The van der Waals surface area contributed by atoms with Crippen molar-refractivity contribution in [3.05, 3.63) is 58.9 Å². The zero-order valence-corrected chi connectivity index (χ0v) is 20.5. The third-order valence-corrected chi connectivity index (χ3v) is 4.25. The molecule has 0 atom stereocenters. The summed E-state index contributed by atoms with van der Waals surface area (Å²) in [6, 6.07) is 12.3. The molecule has 8 heteroatoms. The quantitative estimate of drug-likeness (QED) is 0.265. The molecule has 0 heterocycles. The molecule has 2 N–H and O–H groups in total. The summed E-state index contributed by atoms with van der Waals surface area (Å²) in [5.74, 6) is 1.67. The molecule has 168 valence electrons. The first-order valence-electron chi connectivity index (χ1n) is 10.2. The van der Waals surface area contributed by atoms with Crippen LogP contribution in [0.15, 0.2) is 41.4 Å². The second kappa shape index (κ2) is 14.5. The van der Waals surface area contributed by atoms with Crippen LogP contribution in [0.4, 0.5) is 4.39 Å². The largest absolute Gasteiger partial charge is 0.490 e. The van der Waals surface area contributed by atoms with E-state index in [2.05, 4.69) is 15.6 Å². The number of nitriles is 1. The molecule has 0 saturated carbocycles. The summed E-state index contributed by atoms with van der Waals surface area (Å²) in [5, 5.41) is 15.3. The predicted molar refractivity (Wildman–Crippen MR) is 132 cm³/mol. The van der Waals surface area contributed by atoms with E-state index in [1.54, 1.807) is 12.1 Å². The van der Waals surface area contributed by atoms with Gasteiger partial charge in [0.2, 0.25) is 0 Å². The Labute approximate surface area is 200 Å². The lowest BCUT2D eigenvalue weighted by Gasteiger charge is -2.14. The van der Waals surface area contributed by atoms with Crippen LogP contribution in [-0.2, 0) is 13.0 Å². The molecular formula is C23H30FIN4O2. The third-order valence-electron chi connectivity index (χ3n) is 4.25. The summed E-state index contributed by atoms with van der Waals surface area (Å²) in [7, 11) is 0. The monoisotopic (exact) mass is 540 g/mol. The van der Waals surface area contributed by atoms with Gasteiger partial charge in [0, 0.05) is 18.7 Å². The van der Waals surface area contributed by atoms with Gasteiger partial charge in [0.15, 0.2) is 17.5 Å². The zero-order chi connectivity index (χ0) is 21.8. The minimum atomic E-state index is -0.425. The van der Waals surface area contributed by atoms with E-state index >= 15 is 0 Å². The standard InChI is InChI=1S/C23H29FN4O2.HI/c1-4-26-23(28-16-19-9-7-18(15-25)13-20(19)24)27-12-11-17-8-10-21(29-5-2)22(14-17)30-6-3;/h7-10,13-14H,4-6,11-12,16H2,1-3H3,(H2,26,27,28);1H. The van der Waals surface area contributed by atoms with E-state index in [9.17, 15) is 4.39 Å². The molecule has 0 aromatic heterocycles. The molecule has 0 aliphatic heterocycles. The highest BCUT2D eigenvalue weighted by Gasteiger charge is 2.07. The summed E-state index contributed by atoms with van der Waals surface area (Å²) >= 11 is 0. The highest BCUT2D eigenvalue weighted by atomic mass is 127. The van der Waals surface area contributed by atoms with Crippen molar-refractivity contribution in [2.75, 3.05) is 26.3 Å². The van der Waals surface area contributed by atoms with E-state index in [1.165, 1.54) is 6.07 Å². The summed E-state index contributed by atoms with van der Waals surface area (Å²) in [5.41, 5.74) is 1.86. The average molecular weight is 540 g/mol. The number of guanidine groups is 1. The zero-order valence-electron chi connectivity index (χ0n) is 18.2. The maximum absolute atomic E-state index is 14.1. The molecule has 2 aromatic rings. The molecular weight excluding hydrogens is 510 g/mol. The van der Waals surface area contributed by atoms with Gasteiger partial charge < -0.3 is 20.1 Å². The average Bonchev–Trinajstić information content (AvgIpc) is 2.74. The first-order valence-corrected chi connectivity index (χ1v) is 10.2. The molecule has 0 radical (unpaired) electrons. The minimum absolute atomic E-state index is 0. The highest BCUT2D eigenvalue weighted by Crippen LogP contribution is 2.28. The Morgan fingerprint density at radius 2 is 1.77 bits per heavy atom. The number of ether oxygens (including phenoxy) is 2. The fourth-order valence-electron chi connectivity index (χ4n) is 2.83. The van der Waals surface area contributed by atoms with Crippen LogP contribution in [0.25, 0.3) is 0 Å². The van der Waals surface area contributed by atoms with Gasteiger partial charge in [-0.2, -0.15) is 5.26 Å². The van der Waals surface area contributed by atoms with E-state index in [0.717, 1.165) is 23.5 Å². The third kappa shape index (κ3) is 8.61. The number of rotatable bonds is 10. The number of nitrogens with zero attached hydrogens (tertiary/aromatic N) is 2. The molecule has 0 unspecified atom stereocenters. The Bertz CT molecular complexity index is 900. The first-order chi connectivity index (χ1) is 14.6. The van der Waals surface area contributed by atoms with Crippen LogP contribution in [0.3, 0.4) is 0 Å². The van der Waals surface area contributed by atoms with Gasteiger partial charge in [-0.25, -0.2) is 9.38 Å². The molecule has 0 bridgehead atoms. The van der Waals surface area contributed by atoms with Crippen LogP contribution in [0.1, 0.15) is 37.5 Å². The Balaban J connectivity index is 0.00000480. The second-order valence-corrected chi connectivity index (χ2v) is 6.44. The van der Waals surface area contributed by atoms with Gasteiger partial charge in [0.25, 0.3) is 0 Å². The van der Waals surface area contributed by atoms with Gasteiger partial charge in [-0.3, -0.25) is 0 Å². The lowest BCUT2D eigenvalue weighted by atomic mass is 10.1. The van der Waals surface area contributed by atoms with Crippen molar-refractivity contribution in [3.8, 4) is 17.6 Å². The Hall–Kier alpha value is -2.54. The first kappa shape index (κ1) is 26.5. The summed E-state index contributed by atoms with van der Waals surface area (Å²) in [4.78, 5) is 4.44. The fraction of sp³-hybridized carbons (Fsp3) is 0.391. The van der Waals surface area contributed by atoms with Gasteiger partial charge in [-0.05, 0) is 57.0 Å². The van der Waals surface area contributed by atoms with Gasteiger partial charge in [0.1, 0.15) is 5.82 Å². The van der Waals surface area contributed by atoms with Crippen LogP contribution in [0.2, 0.25) is 0 Å². The molecule has 0 fully saturated rings. The maximum Gasteiger partial charge on any atom is 0.191 e. The van der Waals surface area contributed by atoms with E-state index in [4.69, 9.17) is 14.7 Å². The normalized spacial score (nSPS) is 10.6. The lowest BCUT2D eigenvalue weighted by Crippen LogP contribution is -2.38. The number of benzene rings is 2. The van der Waals surface area contributed by atoms with Crippen molar-refractivity contribution in [2.24, 2.45) is 4.99 Å². The van der Waals surface area contributed by atoms with Crippen LogP contribution >= 0.6 is 24.0 Å². The van der Waals surface area contributed by atoms with Gasteiger partial charge in [0.05, 0.1) is 31.4 Å². The summed E-state index contributed by atoms with van der Waals surface area (Å²) in [6.07, 6.45) is 0.766. The Kier molecular flexibility index (Phi) is 12.4. The molecule has 31 heavy (non-hydrogen) atoms. The number of halogens is 2. The van der Waals surface area contributed by atoms with Crippen molar-refractivity contribution >= 4 is 29.9 Å². The van der Waals surface area contributed by atoms with E-state index < -0.39 is 5.82 Å². The molecule has 0 aliphatic carbocycles. The van der Waals surface area contributed by atoms with E-state index in [-0.39, 0.29) is 30.5 Å². The molecule has 0 aliphatic rings. The predicted octanol–water partition coefficient (Wildman–Crippen LogP) is 4.41. The van der Waals surface area contributed by atoms with Crippen molar-refractivity contribution in [3.63, 3.8) is 0 Å². The molecule has 0 saturated heterocycles. The van der Waals surface area contributed by atoms with Gasteiger partial charge in [-0.1, -0.05) is 12.1 Å². The topological polar surface area (TPSA) is 78.7 Å². The molecule has 2 aromatic carbocycles. The van der Waals surface area contributed by atoms with Crippen molar-refractivity contribution in [1.29, 1.82) is 5.26 Å². The summed E-state index contributed by atoms with van der Waals surface area (Å²) in [6.45, 7) is 8.55. The fourth-order valence-corrected chi connectivity index (χ4v) is 2.83. The lowest BCUT2D eigenvalue weighted by molar-refractivity contribution is 0.287. The van der Waals surface area contributed by atoms with E-state index in [0.29, 0.717) is 43.4 Å². The number of nitrogens with one attached hydrogen (secondary N) is 2. The smallest absolute Gasteiger partial charge is 0.191 e.